The molecule has 5 aromatic carbocycles. The predicted octanol–water partition coefficient (Wildman–Crippen LogP) is 6.77. The van der Waals surface area contributed by atoms with Crippen LogP contribution in [0.5, 0.6) is 0 Å². The fourth-order valence-corrected chi connectivity index (χ4v) is 4.33. The van der Waals surface area contributed by atoms with E-state index in [1.165, 1.54) is 48.7 Å². The topological polar surface area (TPSA) is 0 Å². The van der Waals surface area contributed by atoms with Gasteiger partial charge in [0, 0.05) is 0 Å². The Balaban J connectivity index is 2.03. The molecular formula is C24H18S. The average molecular weight is 338 g/mol. The minimum Gasteiger partial charge on any atom is -0.179 e. The van der Waals surface area contributed by atoms with Gasteiger partial charge in [-0.1, -0.05) is 78.9 Å². The first kappa shape index (κ1) is 14.8. The number of hydrogen-bond donors (Lipinski definition) is 1. The molecule has 0 aliphatic rings. The van der Waals surface area contributed by atoms with E-state index in [0.29, 0.717) is 0 Å². The van der Waals surface area contributed by atoms with Crippen LogP contribution in [0.25, 0.3) is 43.1 Å². The molecule has 0 unspecified atom stereocenters. The molecule has 0 spiro atoms. The third kappa shape index (κ3) is 2.23. The molecule has 0 fully saturated rings. The van der Waals surface area contributed by atoms with Crippen LogP contribution in [0.3, 0.4) is 0 Å². The largest absolute Gasteiger partial charge is 0.179 e. The van der Waals surface area contributed by atoms with Gasteiger partial charge in [0.15, 0.2) is 0 Å². The van der Waals surface area contributed by atoms with E-state index in [-0.39, 0.29) is 0 Å². The van der Waals surface area contributed by atoms with Gasteiger partial charge in [-0.2, -0.15) is 12.6 Å². The van der Waals surface area contributed by atoms with Crippen LogP contribution < -0.4 is 0 Å². The summed E-state index contributed by atoms with van der Waals surface area (Å²) in [5.74, 6) is 0.882. The van der Waals surface area contributed by atoms with Crippen molar-refractivity contribution in [3.63, 3.8) is 0 Å². The van der Waals surface area contributed by atoms with Gasteiger partial charge in [-0.05, 0) is 60.8 Å². The van der Waals surface area contributed by atoms with Crippen molar-refractivity contribution in [2.45, 2.75) is 6.42 Å². The van der Waals surface area contributed by atoms with Gasteiger partial charge in [-0.3, -0.25) is 0 Å². The van der Waals surface area contributed by atoms with Crippen LogP contribution in [0, 0.1) is 0 Å². The maximum atomic E-state index is 4.37. The van der Waals surface area contributed by atoms with Gasteiger partial charge in [0.05, 0.1) is 0 Å². The standard InChI is InChI=1S/C24H18S/c25-14-13-16-9-11-18-17(15-16)10-12-23-21-7-2-1-5-19(21)20-6-3-4-8-22(20)24(18)23/h1-12,15,25H,13-14H2. The third-order valence-electron chi connectivity index (χ3n) is 5.19. The zero-order valence-corrected chi connectivity index (χ0v) is 14.8. The molecule has 0 aromatic heterocycles. The fraction of sp³-hybridized carbons (Fsp3) is 0.0833. The smallest absolute Gasteiger partial charge is 0.00204 e. The van der Waals surface area contributed by atoms with Crippen LogP contribution in [0.15, 0.2) is 78.9 Å². The number of hydrogen-bond acceptors (Lipinski definition) is 1. The van der Waals surface area contributed by atoms with Crippen LogP contribution in [-0.4, -0.2) is 5.75 Å². The van der Waals surface area contributed by atoms with Crippen molar-refractivity contribution in [3.8, 4) is 0 Å². The molecule has 0 bridgehead atoms. The van der Waals surface area contributed by atoms with Gasteiger partial charge in [0.2, 0.25) is 0 Å². The fourth-order valence-electron chi connectivity index (χ4n) is 4.07. The van der Waals surface area contributed by atoms with Gasteiger partial charge in [-0.25, -0.2) is 0 Å². The Labute approximate surface area is 152 Å². The highest BCUT2D eigenvalue weighted by atomic mass is 32.1. The second-order valence-corrected chi connectivity index (χ2v) is 7.06. The molecular weight excluding hydrogens is 320 g/mol. The molecule has 0 atom stereocenters. The van der Waals surface area contributed by atoms with Crippen molar-refractivity contribution in [3.05, 3.63) is 84.4 Å². The molecule has 5 rings (SSSR count). The van der Waals surface area contributed by atoms with Crippen LogP contribution in [0.4, 0.5) is 0 Å². The third-order valence-corrected chi connectivity index (χ3v) is 5.41. The second kappa shape index (κ2) is 5.79. The normalized spacial score (nSPS) is 11.7. The van der Waals surface area contributed by atoms with Gasteiger partial charge in [0.25, 0.3) is 0 Å². The molecule has 0 aliphatic heterocycles. The molecule has 120 valence electrons. The maximum absolute atomic E-state index is 4.37. The number of rotatable bonds is 2. The van der Waals surface area contributed by atoms with Crippen molar-refractivity contribution in [1.29, 1.82) is 0 Å². The highest BCUT2D eigenvalue weighted by Gasteiger charge is 2.10. The Morgan fingerprint density at radius 3 is 1.80 bits per heavy atom. The zero-order chi connectivity index (χ0) is 16.8. The Morgan fingerprint density at radius 1 is 0.560 bits per heavy atom. The van der Waals surface area contributed by atoms with Crippen LogP contribution in [0.1, 0.15) is 5.56 Å². The van der Waals surface area contributed by atoms with E-state index in [9.17, 15) is 0 Å². The lowest BCUT2D eigenvalue weighted by Crippen LogP contribution is -1.88. The summed E-state index contributed by atoms with van der Waals surface area (Å²) in [6, 6.07) is 28.9. The van der Waals surface area contributed by atoms with Crippen molar-refractivity contribution in [2.24, 2.45) is 0 Å². The minimum atomic E-state index is 0.882. The molecule has 0 radical (unpaired) electrons. The molecule has 1 heteroatoms. The average Bonchev–Trinajstić information content (AvgIpc) is 2.68. The molecule has 0 nitrogen and oxygen atoms in total. The van der Waals surface area contributed by atoms with E-state index in [2.05, 4.69) is 91.5 Å². The quantitative estimate of drug-likeness (QED) is 0.266. The monoisotopic (exact) mass is 338 g/mol. The lowest BCUT2D eigenvalue weighted by Gasteiger charge is -2.13. The van der Waals surface area contributed by atoms with E-state index in [4.69, 9.17) is 0 Å². The number of fused-ring (bicyclic) bond motifs is 8. The van der Waals surface area contributed by atoms with Crippen molar-refractivity contribution in [2.75, 3.05) is 5.75 Å². The second-order valence-electron chi connectivity index (χ2n) is 6.61. The summed E-state index contributed by atoms with van der Waals surface area (Å²) in [7, 11) is 0. The number of thiol groups is 1. The highest BCUT2D eigenvalue weighted by Crippen LogP contribution is 2.38. The molecule has 0 aliphatic carbocycles. The summed E-state index contributed by atoms with van der Waals surface area (Å²) >= 11 is 4.37. The number of aryl methyl sites for hydroxylation is 1. The van der Waals surface area contributed by atoms with Crippen molar-refractivity contribution >= 4 is 55.7 Å². The molecule has 0 amide bonds. The SMILES string of the molecule is SCCc1ccc2c(ccc3c4ccccc4c4ccccc4c23)c1. The zero-order valence-electron chi connectivity index (χ0n) is 13.9. The molecule has 0 saturated carbocycles. The van der Waals surface area contributed by atoms with Crippen molar-refractivity contribution in [1.82, 2.24) is 0 Å². The van der Waals surface area contributed by atoms with E-state index >= 15 is 0 Å². The highest BCUT2D eigenvalue weighted by molar-refractivity contribution is 7.80. The molecule has 0 heterocycles. The van der Waals surface area contributed by atoms with Gasteiger partial charge in [0.1, 0.15) is 0 Å². The summed E-state index contributed by atoms with van der Waals surface area (Å²) in [5, 5.41) is 10.7. The van der Waals surface area contributed by atoms with Crippen LogP contribution in [-0.2, 0) is 6.42 Å². The summed E-state index contributed by atoms with van der Waals surface area (Å²) in [6.07, 6.45) is 1.01. The van der Waals surface area contributed by atoms with Crippen LogP contribution >= 0.6 is 12.6 Å². The Kier molecular flexibility index (Phi) is 3.43. The Hall–Kier alpha value is -2.51. The maximum Gasteiger partial charge on any atom is -0.00204 e. The first-order chi connectivity index (χ1) is 12.4. The molecule has 0 saturated heterocycles. The van der Waals surface area contributed by atoms with Crippen molar-refractivity contribution < 1.29 is 0 Å². The predicted molar refractivity (Wildman–Crippen MR) is 114 cm³/mol. The lowest BCUT2D eigenvalue weighted by atomic mass is 9.90. The minimum absolute atomic E-state index is 0.882. The molecule has 0 N–H and O–H groups in total. The van der Waals surface area contributed by atoms with Gasteiger partial charge < -0.3 is 0 Å². The Bertz CT molecular complexity index is 1220. The molecule has 5 aromatic rings. The first-order valence-electron chi connectivity index (χ1n) is 8.72. The van der Waals surface area contributed by atoms with E-state index in [0.717, 1.165) is 12.2 Å². The van der Waals surface area contributed by atoms with E-state index in [1.807, 2.05) is 0 Å². The molecule has 25 heavy (non-hydrogen) atoms. The first-order valence-corrected chi connectivity index (χ1v) is 9.36. The van der Waals surface area contributed by atoms with Gasteiger partial charge >= 0.3 is 0 Å². The van der Waals surface area contributed by atoms with Crippen LogP contribution in [0.2, 0.25) is 0 Å². The summed E-state index contributed by atoms with van der Waals surface area (Å²) in [6.45, 7) is 0. The summed E-state index contributed by atoms with van der Waals surface area (Å²) in [4.78, 5) is 0. The number of benzene rings is 5. The summed E-state index contributed by atoms with van der Waals surface area (Å²) in [5.41, 5.74) is 1.35. The lowest BCUT2D eigenvalue weighted by molar-refractivity contribution is 1.17. The summed E-state index contributed by atoms with van der Waals surface area (Å²) < 4.78 is 0. The Morgan fingerprint density at radius 2 is 1.12 bits per heavy atom. The van der Waals surface area contributed by atoms with E-state index < -0.39 is 0 Å². The van der Waals surface area contributed by atoms with E-state index in [1.54, 1.807) is 0 Å². The van der Waals surface area contributed by atoms with Gasteiger partial charge in [-0.15, -0.1) is 0 Å².